The molecule has 76 valence electrons. The molecule has 1 aromatic heterocycles. The van der Waals surface area contributed by atoms with Crippen LogP contribution in [0.2, 0.25) is 0 Å². The quantitative estimate of drug-likeness (QED) is 0.680. The second-order valence-corrected chi connectivity index (χ2v) is 3.72. The second-order valence-electron chi connectivity index (χ2n) is 3.72. The molecule has 1 heterocycles. The lowest BCUT2D eigenvalue weighted by Crippen LogP contribution is -2.12. The van der Waals surface area contributed by atoms with E-state index in [2.05, 4.69) is 9.84 Å². The molecule has 0 bridgehead atoms. The zero-order chi connectivity index (χ0) is 9.97. The van der Waals surface area contributed by atoms with Crippen LogP contribution in [0.5, 0.6) is 0 Å². The maximum Gasteiger partial charge on any atom is 0.293 e. The van der Waals surface area contributed by atoms with Crippen LogP contribution in [0, 0.1) is 0 Å². The molecule has 0 amide bonds. The van der Waals surface area contributed by atoms with Gasteiger partial charge in [0.1, 0.15) is 12.3 Å². The van der Waals surface area contributed by atoms with E-state index in [9.17, 15) is 4.79 Å². The number of aryl methyl sites for hydroxylation is 1. The van der Waals surface area contributed by atoms with Crippen molar-refractivity contribution in [3.63, 3.8) is 0 Å². The predicted octanol–water partition coefficient (Wildman–Crippen LogP) is 1.36. The number of hydrogen-bond acceptors (Lipinski definition) is 3. The fourth-order valence-electron chi connectivity index (χ4n) is 1.82. The third kappa shape index (κ3) is 1.64. The highest BCUT2D eigenvalue weighted by molar-refractivity contribution is 5.37. The minimum atomic E-state index is 0.282. The van der Waals surface area contributed by atoms with Gasteiger partial charge in [0.05, 0.1) is 0 Å². The van der Waals surface area contributed by atoms with Gasteiger partial charge in [-0.3, -0.25) is 9.48 Å². The minimum Gasteiger partial charge on any atom is -0.461 e. The van der Waals surface area contributed by atoms with Gasteiger partial charge in [-0.15, -0.1) is 0 Å². The SMILES string of the molecule is Cn1nc(COC=O)cc1C1CCC1. The van der Waals surface area contributed by atoms with Gasteiger partial charge in [-0.2, -0.15) is 5.10 Å². The number of aromatic nitrogens is 2. The van der Waals surface area contributed by atoms with Gasteiger partial charge >= 0.3 is 0 Å². The van der Waals surface area contributed by atoms with Crippen LogP contribution in [-0.2, 0) is 23.2 Å². The molecule has 0 unspecified atom stereocenters. The number of carbonyl (C=O) groups is 1. The van der Waals surface area contributed by atoms with E-state index in [1.807, 2.05) is 17.8 Å². The first-order valence-corrected chi connectivity index (χ1v) is 4.89. The molecule has 0 radical (unpaired) electrons. The number of ether oxygens (including phenoxy) is 1. The van der Waals surface area contributed by atoms with Gasteiger partial charge in [-0.1, -0.05) is 6.42 Å². The Bertz CT molecular complexity index is 329. The van der Waals surface area contributed by atoms with E-state index in [4.69, 9.17) is 0 Å². The standard InChI is InChI=1S/C10H14N2O2/c1-12-10(8-3-2-4-8)5-9(11-12)6-14-7-13/h5,7-8H,2-4,6H2,1H3. The minimum absolute atomic E-state index is 0.282. The Morgan fingerprint density at radius 2 is 2.50 bits per heavy atom. The van der Waals surface area contributed by atoms with E-state index in [-0.39, 0.29) is 6.61 Å². The molecule has 1 aliphatic carbocycles. The molecule has 0 atom stereocenters. The first-order valence-electron chi connectivity index (χ1n) is 4.89. The first kappa shape index (κ1) is 9.24. The van der Waals surface area contributed by atoms with Gasteiger partial charge in [-0.25, -0.2) is 0 Å². The summed E-state index contributed by atoms with van der Waals surface area (Å²) in [6.07, 6.45) is 3.83. The van der Waals surface area contributed by atoms with Gasteiger partial charge < -0.3 is 4.74 Å². The number of hydrogen-bond donors (Lipinski definition) is 0. The van der Waals surface area contributed by atoms with Crippen LogP contribution >= 0.6 is 0 Å². The molecule has 2 rings (SSSR count). The summed E-state index contributed by atoms with van der Waals surface area (Å²) in [7, 11) is 1.94. The van der Waals surface area contributed by atoms with Crippen molar-refractivity contribution in [1.29, 1.82) is 0 Å². The lowest BCUT2D eigenvalue weighted by atomic mass is 9.83. The smallest absolute Gasteiger partial charge is 0.293 e. The van der Waals surface area contributed by atoms with Crippen molar-refractivity contribution in [3.8, 4) is 0 Å². The monoisotopic (exact) mass is 194 g/mol. The summed E-state index contributed by atoms with van der Waals surface area (Å²) in [6, 6.07) is 2.04. The Kier molecular flexibility index (Phi) is 2.52. The van der Waals surface area contributed by atoms with Crippen LogP contribution in [0.25, 0.3) is 0 Å². The summed E-state index contributed by atoms with van der Waals surface area (Å²) in [5.41, 5.74) is 2.10. The summed E-state index contributed by atoms with van der Waals surface area (Å²) >= 11 is 0. The van der Waals surface area contributed by atoms with E-state index >= 15 is 0 Å². The Labute approximate surface area is 82.9 Å². The molecule has 14 heavy (non-hydrogen) atoms. The Balaban J connectivity index is 2.08. The van der Waals surface area contributed by atoms with Gasteiger partial charge in [0.15, 0.2) is 0 Å². The Hall–Kier alpha value is -1.32. The highest BCUT2D eigenvalue weighted by atomic mass is 16.5. The molecule has 0 aliphatic heterocycles. The van der Waals surface area contributed by atoms with Crippen molar-refractivity contribution in [2.45, 2.75) is 31.8 Å². The first-order chi connectivity index (χ1) is 6.81. The maximum atomic E-state index is 10.0. The summed E-state index contributed by atoms with van der Waals surface area (Å²) in [5.74, 6) is 0.664. The van der Waals surface area contributed by atoms with E-state index in [1.165, 1.54) is 25.0 Å². The molecule has 1 aliphatic rings. The van der Waals surface area contributed by atoms with Crippen LogP contribution in [-0.4, -0.2) is 16.3 Å². The third-order valence-corrected chi connectivity index (χ3v) is 2.79. The lowest BCUT2D eigenvalue weighted by molar-refractivity contribution is -0.129. The lowest BCUT2D eigenvalue weighted by Gasteiger charge is -2.25. The fourth-order valence-corrected chi connectivity index (χ4v) is 1.82. The molecule has 1 fully saturated rings. The number of carbonyl (C=O) groups excluding carboxylic acids is 1. The van der Waals surface area contributed by atoms with Gasteiger partial charge in [0.25, 0.3) is 6.47 Å². The van der Waals surface area contributed by atoms with Crippen LogP contribution in [0.15, 0.2) is 6.07 Å². The predicted molar refractivity (Wildman–Crippen MR) is 50.7 cm³/mol. The van der Waals surface area contributed by atoms with Crippen molar-refractivity contribution in [2.24, 2.45) is 7.05 Å². The molecule has 0 saturated heterocycles. The Morgan fingerprint density at radius 3 is 3.07 bits per heavy atom. The molecule has 0 N–H and O–H groups in total. The summed E-state index contributed by atoms with van der Waals surface area (Å²) in [4.78, 5) is 10.0. The normalized spacial score (nSPS) is 16.4. The van der Waals surface area contributed by atoms with E-state index in [1.54, 1.807) is 0 Å². The topological polar surface area (TPSA) is 44.1 Å². The molecule has 1 saturated carbocycles. The summed E-state index contributed by atoms with van der Waals surface area (Å²) in [6.45, 7) is 0.738. The van der Waals surface area contributed by atoms with Crippen molar-refractivity contribution < 1.29 is 9.53 Å². The fraction of sp³-hybridized carbons (Fsp3) is 0.600. The highest BCUT2D eigenvalue weighted by Gasteiger charge is 2.23. The average Bonchev–Trinajstić information content (AvgIpc) is 2.42. The molecular weight excluding hydrogens is 180 g/mol. The Morgan fingerprint density at radius 1 is 1.71 bits per heavy atom. The van der Waals surface area contributed by atoms with Crippen molar-refractivity contribution in [3.05, 3.63) is 17.5 Å². The zero-order valence-corrected chi connectivity index (χ0v) is 8.27. The molecule has 0 spiro atoms. The molecule has 4 heteroatoms. The highest BCUT2D eigenvalue weighted by Crippen LogP contribution is 2.36. The van der Waals surface area contributed by atoms with Crippen LogP contribution in [0.3, 0.4) is 0 Å². The molecule has 4 nitrogen and oxygen atoms in total. The summed E-state index contributed by atoms with van der Waals surface area (Å²) in [5, 5.41) is 4.28. The van der Waals surface area contributed by atoms with Crippen molar-refractivity contribution in [2.75, 3.05) is 0 Å². The van der Waals surface area contributed by atoms with Crippen molar-refractivity contribution >= 4 is 6.47 Å². The van der Waals surface area contributed by atoms with Crippen LogP contribution < -0.4 is 0 Å². The van der Waals surface area contributed by atoms with Crippen LogP contribution in [0.1, 0.15) is 36.6 Å². The second kappa shape index (κ2) is 3.82. The van der Waals surface area contributed by atoms with Gasteiger partial charge in [0, 0.05) is 18.7 Å². The van der Waals surface area contributed by atoms with E-state index < -0.39 is 0 Å². The number of rotatable bonds is 4. The number of nitrogens with zero attached hydrogens (tertiary/aromatic N) is 2. The van der Waals surface area contributed by atoms with E-state index in [0.29, 0.717) is 12.4 Å². The zero-order valence-electron chi connectivity index (χ0n) is 8.27. The largest absolute Gasteiger partial charge is 0.461 e. The van der Waals surface area contributed by atoms with Crippen LogP contribution in [0.4, 0.5) is 0 Å². The molecular formula is C10H14N2O2. The van der Waals surface area contributed by atoms with Gasteiger partial charge in [0.2, 0.25) is 0 Å². The van der Waals surface area contributed by atoms with Crippen molar-refractivity contribution in [1.82, 2.24) is 9.78 Å². The summed E-state index contributed by atoms with van der Waals surface area (Å²) < 4.78 is 6.56. The molecule has 1 aromatic rings. The maximum absolute atomic E-state index is 10.0. The van der Waals surface area contributed by atoms with E-state index in [0.717, 1.165) is 5.69 Å². The molecule has 0 aromatic carbocycles. The average molecular weight is 194 g/mol. The third-order valence-electron chi connectivity index (χ3n) is 2.79. The van der Waals surface area contributed by atoms with Gasteiger partial charge in [-0.05, 0) is 18.9 Å².